The van der Waals surface area contributed by atoms with Gasteiger partial charge in [0, 0.05) is 49.9 Å². The predicted octanol–water partition coefficient (Wildman–Crippen LogP) is 3.15. The Hall–Kier alpha value is -3.99. The molecular formula is C23H25N7O4. The number of hydrogen-bond acceptors (Lipinski definition) is 9. The van der Waals surface area contributed by atoms with Gasteiger partial charge in [-0.1, -0.05) is 0 Å². The van der Waals surface area contributed by atoms with Crippen LogP contribution in [0.5, 0.6) is 0 Å². The lowest BCUT2D eigenvalue weighted by Gasteiger charge is -2.31. The van der Waals surface area contributed by atoms with Crippen molar-refractivity contribution in [2.75, 3.05) is 39.1 Å². The first kappa shape index (κ1) is 21.8. The molecule has 0 aliphatic carbocycles. The fourth-order valence-corrected chi connectivity index (χ4v) is 3.99. The van der Waals surface area contributed by atoms with E-state index in [0.29, 0.717) is 48.2 Å². The first-order valence-corrected chi connectivity index (χ1v) is 11.0. The molecule has 4 aromatic rings. The van der Waals surface area contributed by atoms with E-state index in [0.717, 1.165) is 24.0 Å². The maximum atomic E-state index is 12.1. The average molecular weight is 463 g/mol. The molecule has 0 atom stereocenters. The van der Waals surface area contributed by atoms with Gasteiger partial charge >= 0.3 is 6.09 Å². The third-order valence-corrected chi connectivity index (χ3v) is 5.86. The number of oxazole rings is 1. The summed E-state index contributed by atoms with van der Waals surface area (Å²) in [6.45, 7) is 1.88. The number of fused-ring (bicyclic) bond motifs is 1. The van der Waals surface area contributed by atoms with Crippen LogP contribution in [0.1, 0.15) is 18.9 Å². The third kappa shape index (κ3) is 4.42. The molecule has 11 heteroatoms. The molecular weight excluding hydrogens is 438 g/mol. The van der Waals surface area contributed by atoms with Crippen molar-refractivity contribution in [2.45, 2.75) is 18.9 Å². The number of nitrogen functional groups attached to an aromatic ring is 1. The summed E-state index contributed by atoms with van der Waals surface area (Å²) in [6, 6.07) is 5.69. The van der Waals surface area contributed by atoms with E-state index in [4.69, 9.17) is 19.6 Å². The van der Waals surface area contributed by atoms with Gasteiger partial charge in [0.15, 0.2) is 11.2 Å². The van der Waals surface area contributed by atoms with Crippen LogP contribution < -0.4 is 5.73 Å². The molecule has 176 valence electrons. The Morgan fingerprint density at radius 2 is 2.06 bits per heavy atom. The highest BCUT2D eigenvalue weighted by atomic mass is 16.6. The SMILES string of the molecule is COCCOC(=O)N1CCC(n2cc(-c3cnc(N)c(-c4nc5ncccc5o4)c3)cn2)CC1. The van der Waals surface area contributed by atoms with Gasteiger partial charge in [0.2, 0.25) is 5.89 Å². The number of nitrogens with two attached hydrogens (primary N) is 1. The number of methoxy groups -OCH3 is 1. The van der Waals surface area contributed by atoms with Gasteiger partial charge in [-0.05, 0) is 31.0 Å². The van der Waals surface area contributed by atoms with Gasteiger partial charge in [-0.2, -0.15) is 10.1 Å². The number of ether oxygens (including phenoxy) is 2. The molecule has 0 spiro atoms. The van der Waals surface area contributed by atoms with Crippen LogP contribution in [0.15, 0.2) is 47.4 Å². The lowest BCUT2D eigenvalue weighted by atomic mass is 10.1. The van der Waals surface area contributed by atoms with Crippen molar-refractivity contribution in [3.63, 3.8) is 0 Å². The summed E-state index contributed by atoms with van der Waals surface area (Å²) in [5, 5.41) is 4.56. The van der Waals surface area contributed by atoms with E-state index in [1.165, 1.54) is 0 Å². The molecule has 5 heterocycles. The van der Waals surface area contributed by atoms with Gasteiger partial charge in [0.1, 0.15) is 12.4 Å². The molecule has 0 radical (unpaired) electrons. The Bertz CT molecular complexity index is 1260. The molecule has 1 saturated heterocycles. The lowest BCUT2D eigenvalue weighted by molar-refractivity contribution is 0.0628. The number of aromatic nitrogens is 5. The zero-order valence-electron chi connectivity index (χ0n) is 18.8. The molecule has 0 unspecified atom stereocenters. The minimum atomic E-state index is -0.300. The summed E-state index contributed by atoms with van der Waals surface area (Å²) in [5.41, 5.74) is 9.58. The molecule has 1 aliphatic rings. The molecule has 1 aliphatic heterocycles. The number of piperidine rings is 1. The molecule has 1 amide bonds. The maximum Gasteiger partial charge on any atom is 0.409 e. The monoisotopic (exact) mass is 463 g/mol. The Morgan fingerprint density at radius 1 is 1.21 bits per heavy atom. The van der Waals surface area contributed by atoms with E-state index in [2.05, 4.69) is 20.1 Å². The summed E-state index contributed by atoms with van der Waals surface area (Å²) in [5.74, 6) is 0.699. The van der Waals surface area contributed by atoms with Gasteiger partial charge in [0.05, 0.1) is 24.4 Å². The number of amides is 1. The highest BCUT2D eigenvalue weighted by Crippen LogP contribution is 2.31. The first-order chi connectivity index (χ1) is 16.6. The Balaban J connectivity index is 1.29. The molecule has 4 aromatic heterocycles. The van der Waals surface area contributed by atoms with Gasteiger partial charge in [0.25, 0.3) is 0 Å². The summed E-state index contributed by atoms with van der Waals surface area (Å²) >= 11 is 0. The zero-order valence-corrected chi connectivity index (χ0v) is 18.8. The second-order valence-electron chi connectivity index (χ2n) is 8.04. The minimum Gasteiger partial charge on any atom is -0.447 e. The van der Waals surface area contributed by atoms with Crippen LogP contribution >= 0.6 is 0 Å². The third-order valence-electron chi connectivity index (χ3n) is 5.86. The normalized spacial score (nSPS) is 14.6. The van der Waals surface area contributed by atoms with E-state index in [9.17, 15) is 4.79 Å². The molecule has 2 N–H and O–H groups in total. The summed E-state index contributed by atoms with van der Waals surface area (Å²) < 4.78 is 17.9. The number of anilines is 1. The second-order valence-corrected chi connectivity index (χ2v) is 8.04. The fraction of sp³-hybridized carbons (Fsp3) is 0.348. The Labute approximate surface area is 195 Å². The zero-order chi connectivity index (χ0) is 23.5. The fourth-order valence-electron chi connectivity index (χ4n) is 3.99. The van der Waals surface area contributed by atoms with Gasteiger partial charge < -0.3 is 24.5 Å². The molecule has 1 fully saturated rings. The number of carbonyl (C=O) groups is 1. The Morgan fingerprint density at radius 3 is 2.85 bits per heavy atom. The number of hydrogen-bond donors (Lipinski definition) is 1. The smallest absolute Gasteiger partial charge is 0.409 e. The summed E-state index contributed by atoms with van der Waals surface area (Å²) in [6.07, 6.45) is 8.45. The van der Waals surface area contributed by atoms with Crippen LogP contribution in [-0.2, 0) is 9.47 Å². The number of pyridine rings is 2. The van der Waals surface area contributed by atoms with Crippen molar-refractivity contribution in [2.24, 2.45) is 0 Å². The average Bonchev–Trinajstić information content (AvgIpc) is 3.52. The van der Waals surface area contributed by atoms with Crippen molar-refractivity contribution in [3.8, 4) is 22.6 Å². The standard InChI is InChI=1S/C23H25N7O4/c1-32-9-10-33-23(31)29-7-4-17(5-8-29)30-14-16(13-27-30)15-11-18(20(24)26-12-15)22-28-21-19(34-22)3-2-6-25-21/h2-3,6,11-14,17H,4-5,7-10H2,1H3,(H2,24,26). The number of rotatable bonds is 6. The minimum absolute atomic E-state index is 0.195. The molecule has 5 rings (SSSR count). The molecule has 0 aromatic carbocycles. The summed E-state index contributed by atoms with van der Waals surface area (Å²) in [7, 11) is 1.58. The highest BCUT2D eigenvalue weighted by Gasteiger charge is 2.25. The quantitative estimate of drug-likeness (QED) is 0.428. The van der Waals surface area contributed by atoms with Crippen LogP contribution in [0.4, 0.5) is 10.6 Å². The van der Waals surface area contributed by atoms with Gasteiger partial charge in [-0.25, -0.2) is 14.8 Å². The Kier molecular flexibility index (Phi) is 6.09. The van der Waals surface area contributed by atoms with Crippen molar-refractivity contribution in [1.82, 2.24) is 29.6 Å². The van der Waals surface area contributed by atoms with Crippen molar-refractivity contribution >= 4 is 23.1 Å². The van der Waals surface area contributed by atoms with Gasteiger partial charge in [-0.3, -0.25) is 4.68 Å². The molecule has 11 nitrogen and oxygen atoms in total. The first-order valence-electron chi connectivity index (χ1n) is 11.0. The second kappa shape index (κ2) is 9.48. The molecule has 0 bridgehead atoms. The van der Waals surface area contributed by atoms with Crippen LogP contribution in [0.25, 0.3) is 33.8 Å². The van der Waals surface area contributed by atoms with E-state index in [1.54, 1.807) is 42.7 Å². The predicted molar refractivity (Wildman–Crippen MR) is 124 cm³/mol. The largest absolute Gasteiger partial charge is 0.447 e. The topological polar surface area (TPSA) is 134 Å². The lowest BCUT2D eigenvalue weighted by Crippen LogP contribution is -2.39. The molecule has 0 saturated carbocycles. The van der Waals surface area contributed by atoms with Crippen LogP contribution in [0.2, 0.25) is 0 Å². The van der Waals surface area contributed by atoms with Crippen molar-refractivity contribution in [1.29, 1.82) is 0 Å². The van der Waals surface area contributed by atoms with E-state index in [-0.39, 0.29) is 18.7 Å². The van der Waals surface area contributed by atoms with Crippen molar-refractivity contribution < 1.29 is 18.7 Å². The van der Waals surface area contributed by atoms with Crippen LogP contribution in [-0.4, -0.2) is 69.1 Å². The van der Waals surface area contributed by atoms with Crippen LogP contribution in [0, 0.1) is 0 Å². The van der Waals surface area contributed by atoms with E-state index in [1.807, 2.05) is 16.9 Å². The summed E-state index contributed by atoms with van der Waals surface area (Å²) in [4.78, 5) is 26.8. The highest BCUT2D eigenvalue weighted by molar-refractivity contribution is 5.79. The molecule has 34 heavy (non-hydrogen) atoms. The van der Waals surface area contributed by atoms with E-state index >= 15 is 0 Å². The van der Waals surface area contributed by atoms with Crippen molar-refractivity contribution in [3.05, 3.63) is 43.0 Å². The number of carbonyl (C=O) groups excluding carboxylic acids is 1. The number of likely N-dealkylation sites (tertiary alicyclic amines) is 1. The maximum absolute atomic E-state index is 12.1. The number of nitrogens with zero attached hydrogens (tertiary/aromatic N) is 6. The van der Waals surface area contributed by atoms with Gasteiger partial charge in [-0.15, -0.1) is 0 Å². The van der Waals surface area contributed by atoms with E-state index < -0.39 is 0 Å². The van der Waals surface area contributed by atoms with Crippen LogP contribution in [0.3, 0.4) is 0 Å².